The summed E-state index contributed by atoms with van der Waals surface area (Å²) in [6.07, 6.45) is 4.27. The zero-order chi connectivity index (χ0) is 13.8. The van der Waals surface area contributed by atoms with E-state index in [0.29, 0.717) is 5.92 Å². The number of nitrogens with two attached hydrogens (primary N) is 1. The quantitative estimate of drug-likeness (QED) is 0.902. The average molecular weight is 262 g/mol. The summed E-state index contributed by atoms with van der Waals surface area (Å²) < 4.78 is 0. The number of nitrogens with zero attached hydrogens (tertiary/aromatic N) is 3. The number of aryl methyl sites for hydroxylation is 2. The molecule has 0 saturated carbocycles. The molecule has 1 aromatic heterocycles. The molecule has 1 aromatic rings. The summed E-state index contributed by atoms with van der Waals surface area (Å²) in [6, 6.07) is 0. The minimum Gasteiger partial charge on any atom is -0.356 e. The third-order valence-corrected chi connectivity index (χ3v) is 4.16. The largest absolute Gasteiger partial charge is 0.356 e. The molecule has 1 fully saturated rings. The molecule has 0 unspecified atom stereocenters. The second-order valence-corrected chi connectivity index (χ2v) is 5.40. The molecule has 0 bridgehead atoms. The molecule has 19 heavy (non-hydrogen) atoms. The van der Waals surface area contributed by atoms with Gasteiger partial charge in [-0.1, -0.05) is 13.8 Å². The van der Waals surface area contributed by atoms with Gasteiger partial charge in [-0.05, 0) is 38.6 Å². The molecule has 0 aromatic carbocycles. The molecule has 1 saturated heterocycles. The third-order valence-electron chi connectivity index (χ3n) is 4.16. The van der Waals surface area contributed by atoms with Crippen LogP contribution in [0.2, 0.25) is 0 Å². The van der Waals surface area contributed by atoms with Crippen LogP contribution in [0.1, 0.15) is 43.8 Å². The van der Waals surface area contributed by atoms with E-state index in [0.717, 1.165) is 44.0 Å². The Kier molecular flexibility index (Phi) is 4.75. The molecule has 0 atom stereocenters. The second kappa shape index (κ2) is 6.33. The predicted molar refractivity (Wildman–Crippen MR) is 79.5 cm³/mol. The van der Waals surface area contributed by atoms with Crippen LogP contribution in [0, 0.1) is 12.8 Å². The molecular formula is C15H26N4. The average Bonchev–Trinajstić information content (AvgIpc) is 2.46. The van der Waals surface area contributed by atoms with Crippen LogP contribution in [-0.4, -0.2) is 29.6 Å². The van der Waals surface area contributed by atoms with Crippen molar-refractivity contribution in [1.29, 1.82) is 0 Å². The lowest BCUT2D eigenvalue weighted by Crippen LogP contribution is -2.37. The Hall–Kier alpha value is -1.16. The maximum Gasteiger partial charge on any atom is 0.135 e. The molecule has 0 amide bonds. The molecule has 4 nitrogen and oxygen atoms in total. The van der Waals surface area contributed by atoms with Crippen molar-refractivity contribution in [1.82, 2.24) is 9.97 Å². The van der Waals surface area contributed by atoms with E-state index in [1.165, 1.54) is 24.2 Å². The zero-order valence-electron chi connectivity index (χ0n) is 12.4. The number of aromatic nitrogens is 2. The Labute approximate surface area is 116 Å². The smallest absolute Gasteiger partial charge is 0.135 e. The van der Waals surface area contributed by atoms with Crippen LogP contribution in [-0.2, 0) is 12.8 Å². The maximum atomic E-state index is 5.77. The summed E-state index contributed by atoms with van der Waals surface area (Å²) in [6.45, 7) is 9.38. The van der Waals surface area contributed by atoms with Crippen LogP contribution in [0.15, 0.2) is 0 Å². The Balaban J connectivity index is 2.25. The van der Waals surface area contributed by atoms with Crippen molar-refractivity contribution >= 4 is 5.82 Å². The van der Waals surface area contributed by atoms with E-state index in [1.54, 1.807) is 0 Å². The van der Waals surface area contributed by atoms with Crippen molar-refractivity contribution in [3.05, 3.63) is 17.1 Å². The first-order valence-corrected chi connectivity index (χ1v) is 7.50. The van der Waals surface area contributed by atoms with Crippen molar-refractivity contribution in [3.8, 4) is 0 Å². The summed E-state index contributed by atoms with van der Waals surface area (Å²) >= 11 is 0. The lowest BCUT2D eigenvalue weighted by Gasteiger charge is -2.33. The lowest BCUT2D eigenvalue weighted by molar-refractivity contribution is 0.412. The van der Waals surface area contributed by atoms with Crippen molar-refractivity contribution in [2.45, 2.75) is 46.5 Å². The summed E-state index contributed by atoms with van der Waals surface area (Å²) in [4.78, 5) is 11.8. The summed E-state index contributed by atoms with van der Waals surface area (Å²) in [5.74, 6) is 2.82. The van der Waals surface area contributed by atoms with Crippen molar-refractivity contribution in [3.63, 3.8) is 0 Å². The Morgan fingerprint density at radius 3 is 2.37 bits per heavy atom. The highest BCUT2D eigenvalue weighted by atomic mass is 15.2. The van der Waals surface area contributed by atoms with Gasteiger partial charge in [0.1, 0.15) is 11.6 Å². The van der Waals surface area contributed by atoms with Crippen LogP contribution in [0.3, 0.4) is 0 Å². The van der Waals surface area contributed by atoms with E-state index in [-0.39, 0.29) is 0 Å². The fourth-order valence-corrected chi connectivity index (χ4v) is 2.85. The molecule has 2 N–H and O–H groups in total. The van der Waals surface area contributed by atoms with Gasteiger partial charge in [0, 0.05) is 30.8 Å². The van der Waals surface area contributed by atoms with E-state index in [4.69, 9.17) is 10.7 Å². The van der Waals surface area contributed by atoms with E-state index < -0.39 is 0 Å². The minimum atomic E-state index is 0.690. The topological polar surface area (TPSA) is 55.0 Å². The van der Waals surface area contributed by atoms with Crippen molar-refractivity contribution in [2.24, 2.45) is 11.7 Å². The van der Waals surface area contributed by atoms with Gasteiger partial charge in [-0.25, -0.2) is 9.97 Å². The van der Waals surface area contributed by atoms with Crippen LogP contribution in [0.5, 0.6) is 0 Å². The van der Waals surface area contributed by atoms with Gasteiger partial charge in [0.25, 0.3) is 0 Å². The molecule has 1 aliphatic rings. The highest BCUT2D eigenvalue weighted by Gasteiger charge is 2.22. The third kappa shape index (κ3) is 3.06. The minimum absolute atomic E-state index is 0.690. The molecule has 2 rings (SSSR count). The molecule has 0 aliphatic carbocycles. The SMILES string of the molecule is CCc1nc(C)c(CC)c(N2CCC(CN)CC2)n1. The molecule has 4 heteroatoms. The number of hydrogen-bond acceptors (Lipinski definition) is 4. The van der Waals surface area contributed by atoms with Gasteiger partial charge >= 0.3 is 0 Å². The highest BCUT2D eigenvalue weighted by molar-refractivity contribution is 5.49. The van der Waals surface area contributed by atoms with Gasteiger partial charge in [0.2, 0.25) is 0 Å². The Morgan fingerprint density at radius 1 is 1.16 bits per heavy atom. The van der Waals surface area contributed by atoms with E-state index in [2.05, 4.69) is 30.7 Å². The van der Waals surface area contributed by atoms with Gasteiger partial charge < -0.3 is 10.6 Å². The van der Waals surface area contributed by atoms with Crippen molar-refractivity contribution < 1.29 is 0 Å². The fourth-order valence-electron chi connectivity index (χ4n) is 2.85. The first-order valence-electron chi connectivity index (χ1n) is 7.50. The molecule has 0 spiro atoms. The van der Waals surface area contributed by atoms with Crippen LogP contribution in [0.25, 0.3) is 0 Å². The second-order valence-electron chi connectivity index (χ2n) is 5.40. The molecule has 2 heterocycles. The Bertz CT molecular complexity index is 422. The molecular weight excluding hydrogens is 236 g/mol. The number of piperidine rings is 1. The fraction of sp³-hybridized carbons (Fsp3) is 0.733. The monoisotopic (exact) mass is 262 g/mol. The summed E-state index contributed by atoms with van der Waals surface area (Å²) in [5, 5.41) is 0. The van der Waals surface area contributed by atoms with Crippen LogP contribution < -0.4 is 10.6 Å². The molecule has 1 aliphatic heterocycles. The zero-order valence-corrected chi connectivity index (χ0v) is 12.4. The van der Waals surface area contributed by atoms with Gasteiger partial charge in [-0.3, -0.25) is 0 Å². The number of hydrogen-bond donors (Lipinski definition) is 1. The first kappa shape index (κ1) is 14.3. The number of rotatable bonds is 4. The van der Waals surface area contributed by atoms with Gasteiger partial charge in [0.05, 0.1) is 0 Å². The first-order chi connectivity index (χ1) is 9.19. The van der Waals surface area contributed by atoms with Gasteiger partial charge in [-0.15, -0.1) is 0 Å². The molecule has 0 radical (unpaired) electrons. The van der Waals surface area contributed by atoms with Crippen LogP contribution >= 0.6 is 0 Å². The molecule has 106 valence electrons. The maximum absolute atomic E-state index is 5.77. The summed E-state index contributed by atoms with van der Waals surface area (Å²) in [7, 11) is 0. The van der Waals surface area contributed by atoms with E-state index in [9.17, 15) is 0 Å². The predicted octanol–water partition coefficient (Wildman–Crippen LogP) is 2.08. The van der Waals surface area contributed by atoms with Crippen LogP contribution in [0.4, 0.5) is 5.82 Å². The van der Waals surface area contributed by atoms with Gasteiger partial charge in [0.15, 0.2) is 0 Å². The number of anilines is 1. The van der Waals surface area contributed by atoms with E-state index in [1.807, 2.05) is 0 Å². The normalized spacial score (nSPS) is 16.9. The van der Waals surface area contributed by atoms with E-state index >= 15 is 0 Å². The summed E-state index contributed by atoms with van der Waals surface area (Å²) in [5.41, 5.74) is 8.22. The van der Waals surface area contributed by atoms with Gasteiger partial charge in [-0.2, -0.15) is 0 Å². The lowest BCUT2D eigenvalue weighted by atomic mass is 9.96. The highest BCUT2D eigenvalue weighted by Crippen LogP contribution is 2.26. The van der Waals surface area contributed by atoms with Crippen molar-refractivity contribution in [2.75, 3.05) is 24.5 Å². The standard InChI is InChI=1S/C15H26N4/c1-4-13-11(3)17-14(5-2)18-15(13)19-8-6-12(10-16)7-9-19/h12H,4-10,16H2,1-3H3. The Morgan fingerprint density at radius 2 is 1.84 bits per heavy atom.